The van der Waals surface area contributed by atoms with Crippen molar-refractivity contribution in [2.45, 2.75) is 5.92 Å². The molecule has 0 saturated heterocycles. The van der Waals surface area contributed by atoms with E-state index in [-0.39, 0.29) is 5.92 Å². The zero-order valence-corrected chi connectivity index (χ0v) is 14.4. The second kappa shape index (κ2) is 6.53. The highest BCUT2D eigenvalue weighted by atomic mass is 16.3. The first-order valence-electron chi connectivity index (χ1n) is 8.74. The predicted molar refractivity (Wildman–Crippen MR) is 103 cm³/mol. The Bertz CT molecular complexity index is 1130. The summed E-state index contributed by atoms with van der Waals surface area (Å²) in [6.07, 6.45) is 3.33. The highest BCUT2D eigenvalue weighted by Crippen LogP contribution is 2.33. The number of hydrogen-bond donors (Lipinski definition) is 0. The van der Waals surface area contributed by atoms with Crippen LogP contribution in [0.2, 0.25) is 0 Å². The molecule has 0 spiro atoms. The van der Waals surface area contributed by atoms with Gasteiger partial charge in [0.2, 0.25) is 5.89 Å². The molecule has 130 valence electrons. The van der Waals surface area contributed by atoms with Crippen LogP contribution in [0.1, 0.15) is 22.9 Å². The first-order chi connectivity index (χ1) is 13.4. The molecular formula is C22H16N4O. The fourth-order valence-electron chi connectivity index (χ4n) is 3.32. The molecule has 5 nitrogen and oxygen atoms in total. The van der Waals surface area contributed by atoms with Gasteiger partial charge in [0.1, 0.15) is 18.2 Å². The topological polar surface area (TPSA) is 56.7 Å². The summed E-state index contributed by atoms with van der Waals surface area (Å²) in [4.78, 5) is 4.82. The molecule has 0 aliphatic carbocycles. The molecule has 0 saturated carbocycles. The summed E-state index contributed by atoms with van der Waals surface area (Å²) < 4.78 is 8.01. The van der Waals surface area contributed by atoms with Gasteiger partial charge in [0.25, 0.3) is 0 Å². The van der Waals surface area contributed by atoms with Crippen molar-refractivity contribution in [3.05, 3.63) is 109 Å². The fourth-order valence-corrected chi connectivity index (χ4v) is 3.32. The van der Waals surface area contributed by atoms with E-state index in [1.807, 2.05) is 59.2 Å². The van der Waals surface area contributed by atoms with Crippen molar-refractivity contribution >= 4 is 11.1 Å². The van der Waals surface area contributed by atoms with Gasteiger partial charge in [-0.05, 0) is 29.3 Å². The highest BCUT2D eigenvalue weighted by molar-refractivity contribution is 5.75. The van der Waals surface area contributed by atoms with E-state index in [1.165, 1.54) is 0 Å². The van der Waals surface area contributed by atoms with Crippen LogP contribution in [0.3, 0.4) is 0 Å². The van der Waals surface area contributed by atoms with E-state index in [0.29, 0.717) is 5.89 Å². The van der Waals surface area contributed by atoms with Crippen LogP contribution in [-0.2, 0) is 0 Å². The summed E-state index contributed by atoms with van der Waals surface area (Å²) in [5.74, 6) is 0.626. The first kappa shape index (κ1) is 15.5. The van der Waals surface area contributed by atoms with Gasteiger partial charge in [-0.25, -0.2) is 4.98 Å². The van der Waals surface area contributed by atoms with Gasteiger partial charge < -0.3 is 4.42 Å². The van der Waals surface area contributed by atoms with Crippen LogP contribution in [0.4, 0.5) is 0 Å². The average Bonchev–Trinajstić information content (AvgIpc) is 3.39. The van der Waals surface area contributed by atoms with Gasteiger partial charge in [0, 0.05) is 0 Å². The molecule has 5 heteroatoms. The fraction of sp³-hybridized carbons (Fsp3) is 0.0455. The Balaban J connectivity index is 1.64. The Morgan fingerprint density at radius 3 is 2.00 bits per heavy atom. The second-order valence-electron chi connectivity index (χ2n) is 6.33. The Hall–Kier alpha value is -3.73. The average molecular weight is 352 g/mol. The zero-order chi connectivity index (χ0) is 18.1. The number of fused-ring (bicyclic) bond motifs is 1. The molecule has 2 aromatic heterocycles. The lowest BCUT2D eigenvalue weighted by Crippen LogP contribution is -2.03. The maximum absolute atomic E-state index is 6.16. The second-order valence-corrected chi connectivity index (χ2v) is 6.33. The van der Waals surface area contributed by atoms with Crippen LogP contribution in [0.25, 0.3) is 16.8 Å². The number of aromatic nitrogens is 4. The van der Waals surface area contributed by atoms with E-state index in [9.17, 15) is 0 Å². The number of hydrogen-bond acceptors (Lipinski definition) is 4. The third kappa shape index (κ3) is 2.89. The Labute approximate surface area is 155 Å². The van der Waals surface area contributed by atoms with Gasteiger partial charge in [-0.2, -0.15) is 0 Å². The van der Waals surface area contributed by atoms with E-state index in [2.05, 4.69) is 34.5 Å². The molecule has 0 fully saturated rings. The molecule has 0 unspecified atom stereocenters. The van der Waals surface area contributed by atoms with E-state index < -0.39 is 0 Å². The molecular weight excluding hydrogens is 336 g/mol. The normalized spacial score (nSPS) is 11.3. The van der Waals surface area contributed by atoms with Crippen molar-refractivity contribution in [1.82, 2.24) is 19.7 Å². The van der Waals surface area contributed by atoms with Crippen molar-refractivity contribution < 1.29 is 4.42 Å². The SMILES string of the molecule is c1ccc(C(c2ccccc2)c2nc3cc(-n4cnnc4)ccc3o2)cc1. The molecule has 5 aromatic rings. The minimum absolute atomic E-state index is 0.0573. The smallest absolute Gasteiger partial charge is 0.207 e. The molecule has 2 heterocycles. The zero-order valence-electron chi connectivity index (χ0n) is 14.4. The summed E-state index contributed by atoms with van der Waals surface area (Å²) >= 11 is 0. The largest absolute Gasteiger partial charge is 0.440 e. The Kier molecular flexibility index (Phi) is 3.76. The lowest BCUT2D eigenvalue weighted by atomic mass is 9.91. The third-order valence-corrected chi connectivity index (χ3v) is 4.62. The number of rotatable bonds is 4. The minimum Gasteiger partial charge on any atom is -0.440 e. The summed E-state index contributed by atoms with van der Waals surface area (Å²) in [7, 11) is 0. The van der Waals surface area contributed by atoms with Gasteiger partial charge in [0.05, 0.1) is 11.6 Å². The van der Waals surface area contributed by atoms with Crippen LogP contribution in [0.5, 0.6) is 0 Å². The standard InChI is InChI=1S/C22H16N4O/c1-3-7-16(8-4-1)21(17-9-5-2-6-10-17)22-25-19-13-18(11-12-20(19)27-22)26-14-23-24-15-26/h1-15,21H. The van der Waals surface area contributed by atoms with Crippen LogP contribution < -0.4 is 0 Å². The monoisotopic (exact) mass is 352 g/mol. The van der Waals surface area contributed by atoms with Crippen molar-refractivity contribution in [2.24, 2.45) is 0 Å². The van der Waals surface area contributed by atoms with Gasteiger partial charge in [-0.3, -0.25) is 4.57 Å². The molecule has 0 aliphatic rings. The van der Waals surface area contributed by atoms with E-state index >= 15 is 0 Å². The van der Waals surface area contributed by atoms with Crippen LogP contribution in [0.15, 0.2) is 95.9 Å². The lowest BCUT2D eigenvalue weighted by Gasteiger charge is -2.14. The van der Waals surface area contributed by atoms with E-state index in [1.54, 1.807) is 12.7 Å². The number of oxazole rings is 1. The quantitative estimate of drug-likeness (QED) is 0.475. The third-order valence-electron chi connectivity index (χ3n) is 4.62. The van der Waals surface area contributed by atoms with Gasteiger partial charge in [-0.1, -0.05) is 60.7 Å². The molecule has 0 amide bonds. The lowest BCUT2D eigenvalue weighted by molar-refractivity contribution is 0.522. The van der Waals surface area contributed by atoms with Gasteiger partial charge >= 0.3 is 0 Å². The molecule has 0 aliphatic heterocycles. The maximum atomic E-state index is 6.16. The summed E-state index contributed by atoms with van der Waals surface area (Å²) in [6.45, 7) is 0. The molecule has 0 N–H and O–H groups in total. The van der Waals surface area contributed by atoms with Crippen molar-refractivity contribution in [3.8, 4) is 5.69 Å². The Morgan fingerprint density at radius 1 is 0.741 bits per heavy atom. The summed E-state index contributed by atoms with van der Waals surface area (Å²) in [5.41, 5.74) is 4.82. The van der Waals surface area contributed by atoms with Gasteiger partial charge in [-0.15, -0.1) is 10.2 Å². The van der Waals surface area contributed by atoms with Crippen LogP contribution >= 0.6 is 0 Å². The first-order valence-corrected chi connectivity index (χ1v) is 8.74. The van der Waals surface area contributed by atoms with E-state index in [0.717, 1.165) is 27.9 Å². The molecule has 3 aromatic carbocycles. The molecule has 0 bridgehead atoms. The summed E-state index contributed by atoms with van der Waals surface area (Å²) in [6, 6.07) is 26.5. The maximum Gasteiger partial charge on any atom is 0.207 e. The minimum atomic E-state index is -0.0573. The van der Waals surface area contributed by atoms with Crippen LogP contribution in [0, 0.1) is 0 Å². The number of benzene rings is 3. The Morgan fingerprint density at radius 2 is 1.37 bits per heavy atom. The molecule has 27 heavy (non-hydrogen) atoms. The highest BCUT2D eigenvalue weighted by Gasteiger charge is 2.22. The van der Waals surface area contributed by atoms with Crippen molar-refractivity contribution in [3.63, 3.8) is 0 Å². The van der Waals surface area contributed by atoms with Crippen molar-refractivity contribution in [1.29, 1.82) is 0 Å². The molecule has 0 atom stereocenters. The van der Waals surface area contributed by atoms with E-state index in [4.69, 9.17) is 9.40 Å². The van der Waals surface area contributed by atoms with Crippen LogP contribution in [-0.4, -0.2) is 19.7 Å². The number of nitrogens with zero attached hydrogens (tertiary/aromatic N) is 4. The molecule has 0 radical (unpaired) electrons. The van der Waals surface area contributed by atoms with Gasteiger partial charge in [0.15, 0.2) is 5.58 Å². The van der Waals surface area contributed by atoms with Crippen molar-refractivity contribution in [2.75, 3.05) is 0 Å². The predicted octanol–water partition coefficient (Wildman–Crippen LogP) is 4.59. The summed E-state index contributed by atoms with van der Waals surface area (Å²) in [5, 5.41) is 7.72. The molecule has 5 rings (SSSR count).